The lowest BCUT2D eigenvalue weighted by Crippen LogP contribution is -2.31. The zero-order chi connectivity index (χ0) is 36.0. The molecule has 0 radical (unpaired) electrons. The second-order valence-corrected chi connectivity index (χ2v) is 15.0. The molecule has 9 aromatic carbocycles. The lowest BCUT2D eigenvalue weighted by molar-refractivity contribution is 0.633. The Bertz CT molecular complexity index is 3050. The van der Waals surface area contributed by atoms with Gasteiger partial charge in [-0.25, -0.2) is 0 Å². The molecule has 0 fully saturated rings. The van der Waals surface area contributed by atoms with Gasteiger partial charge < -0.3 is 14.2 Å². The fraction of sp³-hybridized carbons (Fsp3) is 0.0588. The standard InChI is InChI=1S/C51H36N2O/c1-51(2)45-30-36(52(33-15-5-3-6-16-33)34-17-7-4-8-18-34)25-27-47(45)53(35-26-28-50-44(29-35)41-23-13-14-24-49(41)54-50)48-32-43-40-22-12-10-20-38(40)37-19-9-11-21-39(37)42(43)31-46(48)51/h3-32H,1-2H3. The molecule has 11 rings (SSSR count). The van der Waals surface area contributed by atoms with Gasteiger partial charge in [-0.3, -0.25) is 0 Å². The second-order valence-electron chi connectivity index (χ2n) is 15.0. The van der Waals surface area contributed by atoms with Crippen LogP contribution in [0, 0.1) is 0 Å². The van der Waals surface area contributed by atoms with Gasteiger partial charge in [0.1, 0.15) is 11.2 Å². The van der Waals surface area contributed by atoms with Crippen LogP contribution in [0.15, 0.2) is 186 Å². The molecule has 1 aromatic heterocycles. The minimum atomic E-state index is -0.330. The number of hydrogen-bond donors (Lipinski definition) is 0. The Morgan fingerprint density at radius 2 is 0.907 bits per heavy atom. The van der Waals surface area contributed by atoms with Gasteiger partial charge in [0.2, 0.25) is 0 Å². The van der Waals surface area contributed by atoms with Gasteiger partial charge in [-0.2, -0.15) is 0 Å². The van der Waals surface area contributed by atoms with E-state index in [1.807, 2.05) is 6.07 Å². The van der Waals surface area contributed by atoms with E-state index in [1.54, 1.807) is 0 Å². The highest BCUT2D eigenvalue weighted by atomic mass is 16.3. The minimum absolute atomic E-state index is 0.330. The maximum absolute atomic E-state index is 6.32. The molecular weight excluding hydrogens is 657 g/mol. The molecule has 0 aliphatic carbocycles. The number of para-hydroxylation sites is 3. The van der Waals surface area contributed by atoms with Crippen LogP contribution in [0.4, 0.5) is 34.1 Å². The zero-order valence-corrected chi connectivity index (χ0v) is 30.1. The van der Waals surface area contributed by atoms with Crippen LogP contribution in [0.3, 0.4) is 0 Å². The molecule has 0 spiro atoms. The Balaban J connectivity index is 1.22. The number of nitrogens with zero attached hydrogens (tertiary/aromatic N) is 2. The molecule has 0 atom stereocenters. The monoisotopic (exact) mass is 692 g/mol. The van der Waals surface area contributed by atoms with Crippen LogP contribution in [-0.2, 0) is 5.41 Å². The number of anilines is 6. The van der Waals surface area contributed by atoms with Crippen LogP contribution in [0.25, 0.3) is 54.3 Å². The van der Waals surface area contributed by atoms with E-state index in [2.05, 4.69) is 200 Å². The quantitative estimate of drug-likeness (QED) is 0.171. The summed E-state index contributed by atoms with van der Waals surface area (Å²) in [7, 11) is 0. The maximum Gasteiger partial charge on any atom is 0.135 e. The molecule has 0 saturated heterocycles. The van der Waals surface area contributed by atoms with Crippen molar-refractivity contribution in [3.05, 3.63) is 193 Å². The molecule has 2 heterocycles. The smallest absolute Gasteiger partial charge is 0.135 e. The summed E-state index contributed by atoms with van der Waals surface area (Å²) in [5, 5.41) is 9.89. The van der Waals surface area contributed by atoms with E-state index in [0.717, 1.165) is 44.7 Å². The first-order valence-corrected chi connectivity index (χ1v) is 18.7. The van der Waals surface area contributed by atoms with Gasteiger partial charge in [-0.05, 0) is 122 Å². The fourth-order valence-electron chi connectivity index (χ4n) is 8.99. The summed E-state index contributed by atoms with van der Waals surface area (Å²) >= 11 is 0. The summed E-state index contributed by atoms with van der Waals surface area (Å²) in [5.74, 6) is 0. The van der Waals surface area contributed by atoms with E-state index in [0.29, 0.717) is 0 Å². The van der Waals surface area contributed by atoms with Crippen molar-refractivity contribution in [3.8, 4) is 0 Å². The molecule has 0 saturated carbocycles. The Hall–Kier alpha value is -6.84. The maximum atomic E-state index is 6.32. The molecule has 0 N–H and O–H groups in total. The van der Waals surface area contributed by atoms with Crippen molar-refractivity contribution in [2.24, 2.45) is 0 Å². The Morgan fingerprint density at radius 1 is 0.389 bits per heavy atom. The first kappa shape index (κ1) is 30.8. The van der Waals surface area contributed by atoms with Crippen LogP contribution in [0.1, 0.15) is 25.0 Å². The van der Waals surface area contributed by atoms with E-state index >= 15 is 0 Å². The molecule has 1 aliphatic heterocycles. The number of hydrogen-bond acceptors (Lipinski definition) is 3. The van der Waals surface area contributed by atoms with Crippen LogP contribution < -0.4 is 9.80 Å². The Morgan fingerprint density at radius 3 is 1.56 bits per heavy atom. The first-order chi connectivity index (χ1) is 26.5. The molecule has 256 valence electrons. The van der Waals surface area contributed by atoms with Crippen LogP contribution in [0.5, 0.6) is 0 Å². The zero-order valence-electron chi connectivity index (χ0n) is 30.1. The van der Waals surface area contributed by atoms with Crippen molar-refractivity contribution in [2.75, 3.05) is 9.80 Å². The highest BCUT2D eigenvalue weighted by Crippen LogP contribution is 2.55. The van der Waals surface area contributed by atoms with Crippen molar-refractivity contribution in [2.45, 2.75) is 19.3 Å². The van der Waals surface area contributed by atoms with E-state index in [4.69, 9.17) is 4.42 Å². The summed E-state index contributed by atoms with van der Waals surface area (Å²) in [6, 6.07) is 66.0. The predicted molar refractivity (Wildman–Crippen MR) is 228 cm³/mol. The van der Waals surface area contributed by atoms with Gasteiger partial charge in [0.25, 0.3) is 0 Å². The summed E-state index contributed by atoms with van der Waals surface area (Å²) in [4.78, 5) is 4.85. The largest absolute Gasteiger partial charge is 0.456 e. The van der Waals surface area contributed by atoms with E-state index in [9.17, 15) is 0 Å². The fourth-order valence-corrected chi connectivity index (χ4v) is 8.99. The lowest BCUT2D eigenvalue weighted by atomic mass is 9.72. The van der Waals surface area contributed by atoms with Gasteiger partial charge in [-0.1, -0.05) is 117 Å². The molecule has 0 amide bonds. The number of furan rings is 1. The van der Waals surface area contributed by atoms with Crippen molar-refractivity contribution >= 4 is 88.4 Å². The van der Waals surface area contributed by atoms with Crippen molar-refractivity contribution in [3.63, 3.8) is 0 Å². The SMILES string of the molecule is CC1(C)c2cc(N(c3ccccc3)c3ccccc3)ccc2N(c2ccc3oc4ccccc4c3c2)c2cc3c4ccccc4c4ccccc4c3cc21. The van der Waals surface area contributed by atoms with Crippen molar-refractivity contribution < 1.29 is 4.42 Å². The average molecular weight is 693 g/mol. The number of fused-ring (bicyclic) bond motifs is 11. The Kier molecular flexibility index (Phi) is 6.60. The number of benzene rings is 9. The first-order valence-electron chi connectivity index (χ1n) is 18.7. The average Bonchev–Trinajstić information content (AvgIpc) is 3.60. The van der Waals surface area contributed by atoms with Crippen LogP contribution in [-0.4, -0.2) is 0 Å². The van der Waals surface area contributed by atoms with Crippen molar-refractivity contribution in [1.29, 1.82) is 0 Å². The molecular formula is C51H36N2O. The molecule has 54 heavy (non-hydrogen) atoms. The van der Waals surface area contributed by atoms with Crippen molar-refractivity contribution in [1.82, 2.24) is 0 Å². The van der Waals surface area contributed by atoms with Crippen LogP contribution in [0.2, 0.25) is 0 Å². The summed E-state index contributed by atoms with van der Waals surface area (Å²) in [6.07, 6.45) is 0. The predicted octanol–water partition coefficient (Wildman–Crippen LogP) is 14.6. The molecule has 0 bridgehead atoms. The highest BCUT2D eigenvalue weighted by molar-refractivity contribution is 6.26. The third-order valence-corrected chi connectivity index (χ3v) is 11.6. The summed E-state index contributed by atoms with van der Waals surface area (Å²) in [5.41, 5.74) is 10.9. The molecule has 10 aromatic rings. The van der Waals surface area contributed by atoms with E-state index < -0.39 is 0 Å². The second kappa shape index (κ2) is 11.6. The minimum Gasteiger partial charge on any atom is -0.456 e. The topological polar surface area (TPSA) is 19.6 Å². The Labute approximate surface area is 313 Å². The summed E-state index contributed by atoms with van der Waals surface area (Å²) in [6.45, 7) is 4.78. The number of rotatable bonds is 4. The molecule has 0 unspecified atom stereocenters. The van der Waals surface area contributed by atoms with Gasteiger partial charge in [0, 0.05) is 38.9 Å². The summed E-state index contributed by atoms with van der Waals surface area (Å²) < 4.78 is 6.32. The van der Waals surface area contributed by atoms with Crippen LogP contribution >= 0.6 is 0 Å². The van der Waals surface area contributed by atoms with E-state index in [-0.39, 0.29) is 5.41 Å². The normalized spacial score (nSPS) is 13.5. The molecule has 3 heteroatoms. The van der Waals surface area contributed by atoms with Gasteiger partial charge in [-0.15, -0.1) is 0 Å². The molecule has 1 aliphatic rings. The van der Waals surface area contributed by atoms with Gasteiger partial charge in [0.05, 0.1) is 11.4 Å². The highest BCUT2D eigenvalue weighted by Gasteiger charge is 2.38. The van der Waals surface area contributed by atoms with Gasteiger partial charge >= 0.3 is 0 Å². The third-order valence-electron chi connectivity index (χ3n) is 11.6. The molecule has 3 nitrogen and oxygen atoms in total. The third kappa shape index (κ3) is 4.48. The van der Waals surface area contributed by atoms with Gasteiger partial charge in [0.15, 0.2) is 0 Å². The van der Waals surface area contributed by atoms with E-state index in [1.165, 1.54) is 54.8 Å². The lowest BCUT2D eigenvalue weighted by Gasteiger charge is -2.43.